The van der Waals surface area contributed by atoms with Crippen molar-refractivity contribution >= 4 is 22.7 Å². The molecule has 0 bridgehead atoms. The molecule has 5 heteroatoms. The summed E-state index contributed by atoms with van der Waals surface area (Å²) in [6.45, 7) is 2.41. The zero-order chi connectivity index (χ0) is 15.1. The lowest BCUT2D eigenvalue weighted by atomic mass is 10.2. The van der Waals surface area contributed by atoms with Crippen LogP contribution in [0, 0.1) is 0 Å². The molecule has 2 aromatic rings. The number of carbonyl (C=O) groups excluding carboxylic acids is 2. The fraction of sp³-hybridized carbons (Fsp3) is 0.312. The van der Waals surface area contributed by atoms with Crippen molar-refractivity contribution in [3.8, 4) is 0 Å². The Morgan fingerprint density at radius 1 is 1.10 bits per heavy atom. The van der Waals surface area contributed by atoms with Gasteiger partial charge in [0.25, 0.3) is 0 Å². The van der Waals surface area contributed by atoms with Crippen LogP contribution in [0.2, 0.25) is 0 Å². The van der Waals surface area contributed by atoms with E-state index < -0.39 is 0 Å². The number of nitrogens with zero attached hydrogens (tertiary/aromatic N) is 1. The molecule has 0 spiro atoms. The average Bonchev–Trinajstić information content (AvgIpc) is 2.49. The maximum atomic E-state index is 11.7. The van der Waals surface area contributed by atoms with Gasteiger partial charge in [-0.3, -0.25) is 14.6 Å². The highest BCUT2D eigenvalue weighted by Gasteiger charge is 2.03. The van der Waals surface area contributed by atoms with E-state index in [-0.39, 0.29) is 11.8 Å². The van der Waals surface area contributed by atoms with Gasteiger partial charge in [0.2, 0.25) is 11.8 Å². The third kappa shape index (κ3) is 4.87. The molecular formula is C16H19N3O2. The number of carbonyl (C=O) groups is 2. The molecule has 0 fully saturated rings. The van der Waals surface area contributed by atoms with E-state index in [0.29, 0.717) is 25.9 Å². The molecule has 1 aromatic carbocycles. The summed E-state index contributed by atoms with van der Waals surface area (Å²) in [5, 5.41) is 6.59. The topological polar surface area (TPSA) is 71.1 Å². The molecule has 2 amide bonds. The minimum Gasteiger partial charge on any atom is -0.356 e. The number of nitrogens with one attached hydrogen (secondary N) is 2. The second kappa shape index (κ2) is 7.38. The summed E-state index contributed by atoms with van der Waals surface area (Å²) in [5.41, 5.74) is 1.76. The zero-order valence-corrected chi connectivity index (χ0v) is 12.1. The van der Waals surface area contributed by atoms with Crippen molar-refractivity contribution < 1.29 is 9.59 Å². The Hall–Kier alpha value is -2.43. The van der Waals surface area contributed by atoms with Crippen LogP contribution in [0.1, 0.15) is 25.5 Å². The lowest BCUT2D eigenvalue weighted by Gasteiger charge is -2.06. The van der Waals surface area contributed by atoms with Crippen LogP contribution in [-0.4, -0.2) is 23.3 Å². The van der Waals surface area contributed by atoms with E-state index in [9.17, 15) is 9.59 Å². The van der Waals surface area contributed by atoms with Gasteiger partial charge < -0.3 is 10.6 Å². The summed E-state index contributed by atoms with van der Waals surface area (Å²) in [7, 11) is 0. The van der Waals surface area contributed by atoms with E-state index in [0.717, 1.165) is 16.6 Å². The number of rotatable bonds is 6. The van der Waals surface area contributed by atoms with Crippen LogP contribution >= 0.6 is 0 Å². The van der Waals surface area contributed by atoms with Crippen LogP contribution in [-0.2, 0) is 16.1 Å². The van der Waals surface area contributed by atoms with Crippen LogP contribution in [0.15, 0.2) is 36.4 Å². The number of fused-ring (bicyclic) bond motifs is 1. The Morgan fingerprint density at radius 2 is 1.90 bits per heavy atom. The maximum absolute atomic E-state index is 11.7. The van der Waals surface area contributed by atoms with Gasteiger partial charge in [-0.25, -0.2) is 0 Å². The monoisotopic (exact) mass is 285 g/mol. The number of hydrogen-bond acceptors (Lipinski definition) is 3. The Bertz CT molecular complexity index is 640. The van der Waals surface area contributed by atoms with Gasteiger partial charge in [-0.2, -0.15) is 0 Å². The van der Waals surface area contributed by atoms with E-state index in [1.165, 1.54) is 6.92 Å². The molecule has 2 rings (SSSR count). The first-order chi connectivity index (χ1) is 10.1. The second-order valence-corrected chi connectivity index (χ2v) is 4.86. The van der Waals surface area contributed by atoms with Crippen LogP contribution in [0.3, 0.4) is 0 Å². The molecule has 110 valence electrons. The summed E-state index contributed by atoms with van der Waals surface area (Å²) in [6, 6.07) is 11.8. The molecule has 0 radical (unpaired) electrons. The fourth-order valence-corrected chi connectivity index (χ4v) is 2.00. The minimum absolute atomic E-state index is 0.0321. The second-order valence-electron chi connectivity index (χ2n) is 4.86. The molecule has 0 saturated carbocycles. The SMILES string of the molecule is CC(=O)NCCCC(=O)NCc1ccc2ccccc2n1. The zero-order valence-electron chi connectivity index (χ0n) is 12.1. The first-order valence-electron chi connectivity index (χ1n) is 7.01. The summed E-state index contributed by atoms with van der Waals surface area (Å²) < 4.78 is 0. The Labute approximate surface area is 123 Å². The molecular weight excluding hydrogens is 266 g/mol. The number of aromatic nitrogens is 1. The van der Waals surface area contributed by atoms with Crippen molar-refractivity contribution in [1.82, 2.24) is 15.6 Å². The van der Waals surface area contributed by atoms with Crippen molar-refractivity contribution in [3.05, 3.63) is 42.1 Å². The fourth-order valence-electron chi connectivity index (χ4n) is 2.00. The van der Waals surface area contributed by atoms with E-state index in [4.69, 9.17) is 0 Å². The van der Waals surface area contributed by atoms with Gasteiger partial charge in [0, 0.05) is 25.3 Å². The lowest BCUT2D eigenvalue weighted by molar-refractivity contribution is -0.122. The smallest absolute Gasteiger partial charge is 0.220 e. The van der Waals surface area contributed by atoms with Crippen LogP contribution in [0.25, 0.3) is 10.9 Å². The van der Waals surface area contributed by atoms with Crippen molar-refractivity contribution in [3.63, 3.8) is 0 Å². The third-order valence-electron chi connectivity index (χ3n) is 3.08. The van der Waals surface area contributed by atoms with Gasteiger partial charge in [0.15, 0.2) is 0 Å². The summed E-state index contributed by atoms with van der Waals surface area (Å²) in [4.78, 5) is 26.9. The van der Waals surface area contributed by atoms with E-state index in [1.54, 1.807) is 0 Å². The highest BCUT2D eigenvalue weighted by Crippen LogP contribution is 2.11. The quantitative estimate of drug-likeness (QED) is 0.795. The molecule has 0 aliphatic heterocycles. The number of benzene rings is 1. The van der Waals surface area contributed by atoms with Gasteiger partial charge in [0.1, 0.15) is 0 Å². The molecule has 0 atom stereocenters. The average molecular weight is 285 g/mol. The van der Waals surface area contributed by atoms with Gasteiger partial charge >= 0.3 is 0 Å². The van der Waals surface area contributed by atoms with Gasteiger partial charge in [-0.05, 0) is 18.6 Å². The Morgan fingerprint density at radius 3 is 2.71 bits per heavy atom. The van der Waals surface area contributed by atoms with Crippen LogP contribution < -0.4 is 10.6 Å². The molecule has 21 heavy (non-hydrogen) atoms. The van der Waals surface area contributed by atoms with E-state index >= 15 is 0 Å². The van der Waals surface area contributed by atoms with E-state index in [1.807, 2.05) is 36.4 Å². The number of pyridine rings is 1. The predicted molar refractivity (Wildman–Crippen MR) is 81.5 cm³/mol. The van der Waals surface area contributed by atoms with Crippen molar-refractivity contribution in [2.45, 2.75) is 26.3 Å². The third-order valence-corrected chi connectivity index (χ3v) is 3.08. The van der Waals surface area contributed by atoms with Crippen LogP contribution in [0.4, 0.5) is 0 Å². The van der Waals surface area contributed by atoms with Gasteiger partial charge in [-0.15, -0.1) is 0 Å². The molecule has 1 heterocycles. The van der Waals surface area contributed by atoms with Crippen molar-refractivity contribution in [2.75, 3.05) is 6.54 Å². The van der Waals surface area contributed by atoms with Gasteiger partial charge in [0.05, 0.1) is 17.8 Å². The highest BCUT2D eigenvalue weighted by atomic mass is 16.2. The summed E-state index contributed by atoms with van der Waals surface area (Å²) in [6.07, 6.45) is 1.03. The first-order valence-corrected chi connectivity index (χ1v) is 7.01. The Balaban J connectivity index is 1.78. The molecule has 5 nitrogen and oxygen atoms in total. The molecule has 0 aliphatic rings. The maximum Gasteiger partial charge on any atom is 0.220 e. The number of hydrogen-bond donors (Lipinski definition) is 2. The molecule has 2 N–H and O–H groups in total. The molecule has 0 saturated heterocycles. The largest absolute Gasteiger partial charge is 0.356 e. The minimum atomic E-state index is -0.0734. The number of amides is 2. The first kappa shape index (κ1) is 15.0. The summed E-state index contributed by atoms with van der Waals surface area (Å²) >= 11 is 0. The van der Waals surface area contributed by atoms with Crippen LogP contribution in [0.5, 0.6) is 0 Å². The highest BCUT2D eigenvalue weighted by molar-refractivity contribution is 5.79. The Kier molecular flexibility index (Phi) is 5.26. The lowest BCUT2D eigenvalue weighted by Crippen LogP contribution is -2.26. The standard InChI is InChI=1S/C16H19N3O2/c1-12(20)17-10-4-7-16(21)18-11-14-9-8-13-5-2-3-6-15(13)19-14/h2-3,5-6,8-9H,4,7,10-11H2,1H3,(H,17,20)(H,18,21). The normalized spacial score (nSPS) is 10.3. The van der Waals surface area contributed by atoms with Crippen molar-refractivity contribution in [1.29, 1.82) is 0 Å². The predicted octanol–water partition coefficient (Wildman–Crippen LogP) is 1.77. The van der Waals surface area contributed by atoms with Crippen molar-refractivity contribution in [2.24, 2.45) is 0 Å². The summed E-state index contributed by atoms with van der Waals surface area (Å²) in [5.74, 6) is -0.105. The molecule has 1 aromatic heterocycles. The molecule has 0 unspecified atom stereocenters. The van der Waals surface area contributed by atoms with Gasteiger partial charge in [-0.1, -0.05) is 24.3 Å². The molecule has 0 aliphatic carbocycles. The van der Waals surface area contributed by atoms with E-state index in [2.05, 4.69) is 15.6 Å². The number of para-hydroxylation sites is 1.